The lowest BCUT2D eigenvalue weighted by Gasteiger charge is -2.17. The first-order valence-corrected chi connectivity index (χ1v) is 6.95. The Morgan fingerprint density at radius 1 is 1.43 bits per heavy atom. The van der Waals surface area contributed by atoms with Gasteiger partial charge in [0, 0.05) is 31.6 Å². The molecule has 0 saturated carbocycles. The fourth-order valence-corrected chi connectivity index (χ4v) is 2.59. The molecule has 0 bridgehead atoms. The summed E-state index contributed by atoms with van der Waals surface area (Å²) >= 11 is 5.76. The number of carbonyl (C=O) groups excluding carboxylic acids is 2. The Hall–Kier alpha value is -1.87. The van der Waals surface area contributed by atoms with Crippen LogP contribution >= 0.6 is 11.6 Å². The zero-order valence-corrected chi connectivity index (χ0v) is 12.4. The lowest BCUT2D eigenvalue weighted by Crippen LogP contribution is -2.30. The number of amides is 2. The van der Waals surface area contributed by atoms with Crippen LogP contribution in [0, 0.1) is 5.92 Å². The number of β-amino-alcohol motifs (C(OH)–C–C–N with tert-alkyl or cyclic N) is 1. The minimum atomic E-state index is -4.71. The molecule has 1 aliphatic rings. The van der Waals surface area contributed by atoms with E-state index < -0.39 is 35.7 Å². The molecule has 0 aromatic carbocycles. The van der Waals surface area contributed by atoms with Crippen molar-refractivity contribution in [1.82, 2.24) is 9.88 Å². The molecule has 0 unspecified atom stereocenters. The summed E-state index contributed by atoms with van der Waals surface area (Å²) < 4.78 is 38.1. The zero-order chi connectivity index (χ0) is 17.4. The number of nitrogens with two attached hydrogens (primary N) is 1. The van der Waals surface area contributed by atoms with Gasteiger partial charge in [-0.25, -0.2) is 0 Å². The number of likely N-dealkylation sites (tertiary alicyclic amines) is 1. The molecule has 2 amide bonds. The summed E-state index contributed by atoms with van der Waals surface area (Å²) in [5.74, 6) is -1.96. The Morgan fingerprint density at radius 3 is 2.65 bits per heavy atom. The predicted octanol–water partition coefficient (Wildman–Crippen LogP) is 1.06. The summed E-state index contributed by atoms with van der Waals surface area (Å²) in [6, 6.07) is 0.568. The van der Waals surface area contributed by atoms with Crippen LogP contribution in [0.1, 0.15) is 22.5 Å². The maximum absolute atomic E-state index is 12.7. The highest BCUT2D eigenvalue weighted by Gasteiger charge is 2.37. The summed E-state index contributed by atoms with van der Waals surface area (Å²) in [7, 11) is 0. The lowest BCUT2D eigenvalue weighted by atomic mass is 10.0. The lowest BCUT2D eigenvalue weighted by molar-refractivity contribution is -0.141. The molecule has 0 spiro atoms. The van der Waals surface area contributed by atoms with E-state index in [1.54, 1.807) is 0 Å². The van der Waals surface area contributed by atoms with E-state index in [1.165, 1.54) is 0 Å². The number of aromatic nitrogens is 1. The number of aliphatic hydroxyl groups is 1. The van der Waals surface area contributed by atoms with Crippen LogP contribution in [0.4, 0.5) is 13.2 Å². The monoisotopic (exact) mass is 351 g/mol. The van der Waals surface area contributed by atoms with Crippen LogP contribution < -0.4 is 5.73 Å². The number of nitrogens with zero attached hydrogens (tertiary/aromatic N) is 2. The first kappa shape index (κ1) is 17.5. The summed E-state index contributed by atoms with van der Waals surface area (Å²) in [5, 5.41) is 9.60. The highest BCUT2D eigenvalue weighted by Crippen LogP contribution is 2.31. The van der Waals surface area contributed by atoms with Gasteiger partial charge >= 0.3 is 6.18 Å². The van der Waals surface area contributed by atoms with Crippen molar-refractivity contribution < 1.29 is 27.9 Å². The Bertz CT molecular complexity index is 639. The summed E-state index contributed by atoms with van der Waals surface area (Å²) in [5.41, 5.74) is 3.45. The fourth-order valence-electron chi connectivity index (χ4n) is 2.41. The number of pyridine rings is 1. The molecular weight excluding hydrogens is 339 g/mol. The van der Waals surface area contributed by atoms with Gasteiger partial charge in [-0.1, -0.05) is 11.6 Å². The van der Waals surface area contributed by atoms with E-state index in [0.29, 0.717) is 6.07 Å². The smallest absolute Gasteiger partial charge is 0.391 e. The molecule has 2 heterocycles. The zero-order valence-electron chi connectivity index (χ0n) is 11.7. The number of alkyl halides is 3. The number of halogens is 4. The molecule has 1 aromatic rings. The van der Waals surface area contributed by atoms with Gasteiger partial charge in [-0.3, -0.25) is 14.6 Å². The summed E-state index contributed by atoms with van der Waals surface area (Å²) in [6.07, 6.45) is -5.05. The van der Waals surface area contributed by atoms with Crippen molar-refractivity contribution in [3.63, 3.8) is 0 Å². The Kier molecular flexibility index (Phi) is 4.81. The Labute approximate surface area is 134 Å². The number of hydrogen-bond acceptors (Lipinski definition) is 4. The van der Waals surface area contributed by atoms with E-state index in [4.69, 9.17) is 17.3 Å². The molecule has 0 aliphatic carbocycles. The molecule has 126 valence electrons. The second-order valence-corrected chi connectivity index (χ2v) is 5.66. The van der Waals surface area contributed by atoms with Gasteiger partial charge in [0.25, 0.3) is 5.91 Å². The molecule has 1 fully saturated rings. The first-order valence-electron chi connectivity index (χ1n) is 6.58. The highest BCUT2D eigenvalue weighted by molar-refractivity contribution is 6.33. The number of hydrogen-bond donors (Lipinski definition) is 2. The number of carbonyl (C=O) groups is 2. The largest absolute Gasteiger partial charge is 0.433 e. The van der Waals surface area contributed by atoms with Gasteiger partial charge in [0.1, 0.15) is 5.69 Å². The summed E-state index contributed by atoms with van der Waals surface area (Å²) in [6.45, 7) is -0.111. The van der Waals surface area contributed by atoms with Crippen molar-refractivity contribution in [2.75, 3.05) is 13.1 Å². The van der Waals surface area contributed by atoms with Crippen LogP contribution in [0.15, 0.2) is 12.3 Å². The molecule has 1 saturated heterocycles. The third kappa shape index (κ3) is 3.91. The maximum Gasteiger partial charge on any atom is 0.433 e. The normalized spacial score (nSPS) is 21.5. The van der Waals surface area contributed by atoms with Crippen molar-refractivity contribution in [3.05, 3.63) is 28.5 Å². The molecule has 0 radical (unpaired) electrons. The molecule has 1 aliphatic heterocycles. The molecule has 10 heteroatoms. The Balaban J connectivity index is 2.23. The minimum Gasteiger partial charge on any atom is -0.391 e. The average molecular weight is 352 g/mol. The van der Waals surface area contributed by atoms with Gasteiger partial charge in [-0.15, -0.1) is 0 Å². The van der Waals surface area contributed by atoms with E-state index in [0.717, 1.165) is 11.1 Å². The second kappa shape index (κ2) is 6.32. The predicted molar refractivity (Wildman–Crippen MR) is 73.5 cm³/mol. The van der Waals surface area contributed by atoms with Gasteiger partial charge < -0.3 is 15.7 Å². The molecular formula is C13H13ClF3N3O3. The highest BCUT2D eigenvalue weighted by atomic mass is 35.5. The van der Waals surface area contributed by atoms with Gasteiger partial charge in [-0.05, 0) is 6.07 Å². The molecule has 23 heavy (non-hydrogen) atoms. The van der Waals surface area contributed by atoms with Crippen molar-refractivity contribution in [1.29, 1.82) is 0 Å². The van der Waals surface area contributed by atoms with E-state index in [9.17, 15) is 27.9 Å². The van der Waals surface area contributed by atoms with Crippen LogP contribution in [0.5, 0.6) is 0 Å². The number of rotatable bonds is 3. The van der Waals surface area contributed by atoms with Crippen LogP contribution in [-0.4, -0.2) is 46.0 Å². The maximum atomic E-state index is 12.7. The van der Waals surface area contributed by atoms with Crippen molar-refractivity contribution in [3.8, 4) is 0 Å². The van der Waals surface area contributed by atoms with Crippen molar-refractivity contribution in [2.45, 2.75) is 18.7 Å². The standard InChI is InChI=1S/C13H13ClF3N3O3/c14-8-3-19-10(13(15,16)17)2-7(8)12(23)20-4-6(1-11(18)22)9(21)5-20/h2-3,6,9,21H,1,4-5H2,(H2,18,22)/t6-,9-/m1/s1. The van der Waals surface area contributed by atoms with Gasteiger partial charge in [-0.2, -0.15) is 13.2 Å². The van der Waals surface area contributed by atoms with Crippen LogP contribution in [-0.2, 0) is 11.0 Å². The number of primary amides is 1. The van der Waals surface area contributed by atoms with Crippen LogP contribution in [0.2, 0.25) is 5.02 Å². The third-order valence-corrected chi connectivity index (χ3v) is 3.83. The molecule has 2 atom stereocenters. The van der Waals surface area contributed by atoms with Gasteiger partial charge in [0.15, 0.2) is 0 Å². The SMILES string of the molecule is NC(=O)C[C@@H]1CN(C(=O)c2cc(C(F)(F)F)ncc2Cl)C[C@H]1O. The van der Waals surface area contributed by atoms with E-state index in [2.05, 4.69) is 4.98 Å². The first-order chi connectivity index (χ1) is 10.6. The average Bonchev–Trinajstić information content (AvgIpc) is 2.78. The number of aliphatic hydroxyl groups excluding tert-OH is 1. The molecule has 1 aromatic heterocycles. The molecule has 3 N–H and O–H groups in total. The van der Waals surface area contributed by atoms with Gasteiger partial charge in [0.2, 0.25) is 5.91 Å². The Morgan fingerprint density at radius 2 is 2.09 bits per heavy atom. The topological polar surface area (TPSA) is 96.5 Å². The van der Waals surface area contributed by atoms with Gasteiger partial charge in [0.05, 0.1) is 16.7 Å². The molecule has 2 rings (SSSR count). The van der Waals surface area contributed by atoms with E-state index >= 15 is 0 Å². The summed E-state index contributed by atoms with van der Waals surface area (Å²) in [4.78, 5) is 27.5. The minimum absolute atomic E-state index is 0.00292. The van der Waals surface area contributed by atoms with Crippen LogP contribution in [0.3, 0.4) is 0 Å². The third-order valence-electron chi connectivity index (χ3n) is 3.53. The second-order valence-electron chi connectivity index (χ2n) is 5.26. The quantitative estimate of drug-likeness (QED) is 0.851. The van der Waals surface area contributed by atoms with E-state index in [1.807, 2.05) is 0 Å². The fraction of sp³-hybridized carbons (Fsp3) is 0.462. The van der Waals surface area contributed by atoms with Crippen molar-refractivity contribution >= 4 is 23.4 Å². The van der Waals surface area contributed by atoms with E-state index in [-0.39, 0.29) is 30.1 Å². The molecule has 6 nitrogen and oxygen atoms in total. The van der Waals surface area contributed by atoms with Crippen molar-refractivity contribution in [2.24, 2.45) is 11.7 Å². The van der Waals surface area contributed by atoms with Crippen LogP contribution in [0.25, 0.3) is 0 Å².